The quantitative estimate of drug-likeness (QED) is 0.191. The topological polar surface area (TPSA) is 96.4 Å². The second kappa shape index (κ2) is 12.4. The summed E-state index contributed by atoms with van der Waals surface area (Å²) in [4.78, 5) is 45.9. The zero-order valence-corrected chi connectivity index (χ0v) is 25.8. The van der Waals surface area contributed by atoms with Gasteiger partial charge in [-0.3, -0.25) is 14.4 Å². The number of aliphatic hydroxyl groups is 1. The Hall–Kier alpha value is -2.19. The van der Waals surface area contributed by atoms with Crippen LogP contribution >= 0.6 is 0 Å². The molecule has 3 aliphatic rings. The van der Waals surface area contributed by atoms with Gasteiger partial charge in [0.1, 0.15) is 11.6 Å². The Kier molecular flexibility index (Phi) is 9.99. The third-order valence-electron chi connectivity index (χ3n) is 8.66. The van der Waals surface area contributed by atoms with Crippen molar-refractivity contribution in [1.82, 2.24) is 9.80 Å². The van der Waals surface area contributed by atoms with Crippen molar-refractivity contribution < 1.29 is 29.0 Å². The van der Waals surface area contributed by atoms with Crippen molar-refractivity contribution in [2.45, 2.75) is 116 Å². The highest BCUT2D eigenvalue weighted by atomic mass is 16.6. The molecule has 0 aromatic rings. The molecule has 226 valence electrons. The minimum Gasteiger partial charge on any atom is -0.465 e. The van der Waals surface area contributed by atoms with E-state index in [4.69, 9.17) is 9.47 Å². The van der Waals surface area contributed by atoms with E-state index in [1.807, 2.05) is 32.6 Å². The molecule has 0 aromatic heterocycles. The summed E-state index contributed by atoms with van der Waals surface area (Å²) in [5.41, 5.74) is -1.73. The fourth-order valence-electron chi connectivity index (χ4n) is 7.65. The molecule has 2 bridgehead atoms. The van der Waals surface area contributed by atoms with Crippen molar-refractivity contribution in [2.24, 2.45) is 23.2 Å². The highest BCUT2D eigenvalue weighted by Crippen LogP contribution is 2.59. The minimum atomic E-state index is -1.13. The molecule has 0 aromatic carbocycles. The number of allylic oxidation sites excluding steroid dienone is 1. The van der Waals surface area contributed by atoms with Crippen LogP contribution in [0.3, 0.4) is 0 Å². The van der Waals surface area contributed by atoms with Crippen LogP contribution in [0.4, 0.5) is 0 Å². The maximum atomic E-state index is 14.8. The SMILES string of the molecule is C=CCCCOC(=O)[C@@H]1[C@@H]2CCC3(O2)C(C(=O)N(CC=C)C(C)(C)CC(C)(C)C)N([C@@H](CO)CC(C)C)C(=O)[C@H]13. The molecule has 2 unspecified atom stereocenters. The largest absolute Gasteiger partial charge is 0.465 e. The average Bonchev–Trinajstić information content (AvgIpc) is 3.49. The first kappa shape index (κ1) is 32.3. The molecule has 3 saturated heterocycles. The third-order valence-corrected chi connectivity index (χ3v) is 8.66. The highest BCUT2D eigenvalue weighted by molar-refractivity contribution is 5.98. The molecular weight excluding hydrogens is 508 g/mol. The van der Waals surface area contributed by atoms with Crippen molar-refractivity contribution in [2.75, 3.05) is 19.8 Å². The van der Waals surface area contributed by atoms with E-state index in [0.29, 0.717) is 32.2 Å². The Labute approximate surface area is 241 Å². The number of hydrogen-bond donors (Lipinski definition) is 1. The van der Waals surface area contributed by atoms with Crippen molar-refractivity contribution in [3.8, 4) is 0 Å². The fraction of sp³-hybridized carbons (Fsp3) is 0.781. The Morgan fingerprint density at radius 1 is 1.23 bits per heavy atom. The lowest BCUT2D eigenvalue weighted by atomic mass is 9.70. The predicted molar refractivity (Wildman–Crippen MR) is 155 cm³/mol. The number of fused-ring (bicyclic) bond motifs is 1. The lowest BCUT2D eigenvalue weighted by molar-refractivity contribution is -0.158. The Morgan fingerprint density at radius 3 is 2.45 bits per heavy atom. The number of hydrogen-bond acceptors (Lipinski definition) is 6. The van der Waals surface area contributed by atoms with Gasteiger partial charge in [-0.1, -0.05) is 46.8 Å². The molecule has 3 aliphatic heterocycles. The van der Waals surface area contributed by atoms with Gasteiger partial charge < -0.3 is 24.4 Å². The summed E-state index contributed by atoms with van der Waals surface area (Å²) >= 11 is 0. The van der Waals surface area contributed by atoms with E-state index < -0.39 is 47.1 Å². The molecule has 8 nitrogen and oxygen atoms in total. The minimum absolute atomic E-state index is 0.0523. The molecule has 2 amide bonds. The summed E-state index contributed by atoms with van der Waals surface area (Å²) in [7, 11) is 0. The van der Waals surface area contributed by atoms with Crippen molar-refractivity contribution in [3.63, 3.8) is 0 Å². The lowest BCUT2D eigenvalue weighted by Crippen LogP contribution is -2.62. The number of nitrogens with zero attached hydrogens (tertiary/aromatic N) is 2. The van der Waals surface area contributed by atoms with Gasteiger partial charge >= 0.3 is 5.97 Å². The Bertz CT molecular complexity index is 969. The highest BCUT2D eigenvalue weighted by Gasteiger charge is 2.76. The first-order chi connectivity index (χ1) is 18.6. The summed E-state index contributed by atoms with van der Waals surface area (Å²) in [6.07, 6.45) is 6.75. The van der Waals surface area contributed by atoms with Crippen LogP contribution in [0.1, 0.15) is 87.0 Å². The third kappa shape index (κ3) is 6.18. The summed E-state index contributed by atoms with van der Waals surface area (Å²) < 4.78 is 12.2. The van der Waals surface area contributed by atoms with Crippen LogP contribution in [0, 0.1) is 23.2 Å². The maximum Gasteiger partial charge on any atom is 0.312 e. The van der Waals surface area contributed by atoms with Crippen LogP contribution < -0.4 is 0 Å². The normalized spacial score (nSPS) is 28.5. The van der Waals surface area contributed by atoms with Crippen LogP contribution in [-0.2, 0) is 23.9 Å². The van der Waals surface area contributed by atoms with Crippen molar-refractivity contribution >= 4 is 17.8 Å². The molecule has 6 atom stereocenters. The van der Waals surface area contributed by atoms with Crippen LogP contribution in [0.2, 0.25) is 0 Å². The average molecular weight is 561 g/mol. The number of ether oxygens (including phenoxy) is 2. The van der Waals surface area contributed by atoms with E-state index >= 15 is 0 Å². The number of rotatable bonds is 14. The maximum absolute atomic E-state index is 14.8. The molecule has 3 fully saturated rings. The second-order valence-corrected chi connectivity index (χ2v) is 14.2. The van der Waals surface area contributed by atoms with Gasteiger partial charge in [0.05, 0.1) is 37.2 Å². The van der Waals surface area contributed by atoms with E-state index in [0.717, 1.165) is 12.8 Å². The summed E-state index contributed by atoms with van der Waals surface area (Å²) in [5, 5.41) is 10.5. The summed E-state index contributed by atoms with van der Waals surface area (Å²) in [6.45, 7) is 22.5. The molecular formula is C32H52N2O6. The first-order valence-corrected chi connectivity index (χ1v) is 15.0. The van der Waals surface area contributed by atoms with Crippen molar-refractivity contribution in [3.05, 3.63) is 25.3 Å². The predicted octanol–water partition coefficient (Wildman–Crippen LogP) is 4.51. The molecule has 40 heavy (non-hydrogen) atoms. The zero-order chi connectivity index (χ0) is 30.0. The van der Waals surface area contributed by atoms with Crippen LogP contribution in [0.25, 0.3) is 0 Å². The van der Waals surface area contributed by atoms with Gasteiger partial charge in [0.2, 0.25) is 11.8 Å². The van der Waals surface area contributed by atoms with E-state index in [1.165, 1.54) is 0 Å². The number of carbonyl (C=O) groups is 3. The van der Waals surface area contributed by atoms with Gasteiger partial charge in [0.25, 0.3) is 0 Å². The van der Waals surface area contributed by atoms with Gasteiger partial charge in [-0.05, 0) is 63.7 Å². The van der Waals surface area contributed by atoms with Crippen LogP contribution in [0.15, 0.2) is 25.3 Å². The zero-order valence-electron chi connectivity index (χ0n) is 25.8. The molecule has 3 rings (SSSR count). The van der Waals surface area contributed by atoms with E-state index in [-0.39, 0.29) is 36.4 Å². The standard InChI is InChI=1S/C32H52N2O6/c1-10-12-13-17-39-29(38)24-23-14-15-32(40-23)25(24)27(36)34(22(19-35)18-21(3)4)26(32)28(37)33(16-11-2)31(8,9)20-30(5,6)7/h10-11,21-26,35H,1-2,12-20H2,3-9H3/t22-,23+,24-,25+,26?,32?/m1/s1. The molecule has 3 heterocycles. The molecule has 8 heteroatoms. The van der Waals surface area contributed by atoms with Gasteiger partial charge in [0.15, 0.2) is 0 Å². The number of esters is 1. The van der Waals surface area contributed by atoms with Gasteiger partial charge in [0, 0.05) is 12.1 Å². The lowest BCUT2D eigenvalue weighted by Gasteiger charge is -2.46. The van der Waals surface area contributed by atoms with Gasteiger partial charge in [-0.15, -0.1) is 13.2 Å². The van der Waals surface area contributed by atoms with Crippen LogP contribution in [-0.4, -0.2) is 81.8 Å². The second-order valence-electron chi connectivity index (χ2n) is 14.2. The van der Waals surface area contributed by atoms with Gasteiger partial charge in [-0.25, -0.2) is 0 Å². The molecule has 0 radical (unpaired) electrons. The monoisotopic (exact) mass is 560 g/mol. The van der Waals surface area contributed by atoms with Crippen LogP contribution in [0.5, 0.6) is 0 Å². The fourth-order valence-corrected chi connectivity index (χ4v) is 7.65. The molecule has 1 N–H and O–H groups in total. The smallest absolute Gasteiger partial charge is 0.312 e. The summed E-state index contributed by atoms with van der Waals surface area (Å²) in [6, 6.07) is -1.51. The van der Waals surface area contributed by atoms with E-state index in [1.54, 1.807) is 17.1 Å². The number of likely N-dealkylation sites (tertiary alicyclic amines) is 1. The number of carbonyl (C=O) groups excluding carboxylic acids is 3. The van der Waals surface area contributed by atoms with E-state index in [9.17, 15) is 19.5 Å². The Balaban J connectivity index is 2.07. The van der Waals surface area contributed by atoms with Crippen molar-refractivity contribution in [1.29, 1.82) is 0 Å². The Morgan fingerprint density at radius 2 is 1.90 bits per heavy atom. The number of unbranched alkanes of at least 4 members (excludes halogenated alkanes) is 1. The summed E-state index contributed by atoms with van der Waals surface area (Å²) in [5.74, 6) is -2.34. The molecule has 0 aliphatic carbocycles. The molecule has 0 saturated carbocycles. The number of aliphatic hydroxyl groups excluding tert-OH is 1. The first-order valence-electron chi connectivity index (χ1n) is 15.0. The van der Waals surface area contributed by atoms with Gasteiger partial charge in [-0.2, -0.15) is 0 Å². The van der Waals surface area contributed by atoms with E-state index in [2.05, 4.69) is 33.9 Å². The number of amides is 2. The molecule has 1 spiro atoms.